The molecule has 2 bridgehead atoms. The average molecular weight is 521 g/mol. The smallest absolute Gasteiger partial charge is 0.453 e. The molecule has 3 aliphatic heterocycles. The first kappa shape index (κ1) is 26.9. The second-order valence-corrected chi connectivity index (χ2v) is 12.4. The Kier molecular flexibility index (Phi) is 6.97. The molecule has 2 saturated heterocycles. The van der Waals surface area contributed by atoms with E-state index in [0.29, 0.717) is 12.3 Å². The van der Waals surface area contributed by atoms with E-state index < -0.39 is 12.1 Å². The Morgan fingerprint density at radius 1 is 1.11 bits per heavy atom. The lowest BCUT2D eigenvalue weighted by molar-refractivity contribution is -0.137. The minimum Gasteiger partial charge on any atom is -0.453 e. The molecule has 0 spiro atoms. The summed E-state index contributed by atoms with van der Waals surface area (Å²) >= 11 is 0. The van der Waals surface area contributed by atoms with Gasteiger partial charge in [-0.1, -0.05) is 38.1 Å². The summed E-state index contributed by atoms with van der Waals surface area (Å²) in [4.78, 5) is 32.6. The van der Waals surface area contributed by atoms with E-state index in [0.717, 1.165) is 41.6 Å². The van der Waals surface area contributed by atoms with Crippen LogP contribution in [0.3, 0.4) is 0 Å². The maximum atomic E-state index is 13.8. The van der Waals surface area contributed by atoms with Crippen LogP contribution in [0.4, 0.5) is 4.79 Å². The molecule has 0 radical (unpaired) electrons. The van der Waals surface area contributed by atoms with E-state index in [-0.39, 0.29) is 42.2 Å². The van der Waals surface area contributed by atoms with Crippen LogP contribution in [0, 0.1) is 11.8 Å². The molecule has 204 valence electrons. The maximum Gasteiger partial charge on any atom is 0.494 e. The van der Waals surface area contributed by atoms with Crippen molar-refractivity contribution in [1.82, 2.24) is 10.2 Å². The molecule has 1 aromatic carbocycles. The van der Waals surface area contributed by atoms with Crippen molar-refractivity contribution in [3.63, 3.8) is 0 Å². The van der Waals surface area contributed by atoms with E-state index in [1.807, 2.05) is 24.9 Å². The number of nitrogens with one attached hydrogen (secondary N) is 1. The van der Waals surface area contributed by atoms with Crippen molar-refractivity contribution in [2.75, 3.05) is 7.11 Å². The largest absolute Gasteiger partial charge is 0.494 e. The van der Waals surface area contributed by atoms with Crippen LogP contribution >= 0.6 is 0 Å². The zero-order valence-electron chi connectivity index (χ0n) is 23.6. The van der Waals surface area contributed by atoms with Crippen LogP contribution in [-0.2, 0) is 18.8 Å². The molecule has 2 amide bonds. The molecule has 1 aliphatic carbocycles. The molecule has 3 heterocycles. The van der Waals surface area contributed by atoms with Crippen LogP contribution in [-0.4, -0.2) is 66.2 Å². The molecule has 0 unspecified atom stereocenters. The Morgan fingerprint density at radius 2 is 1.76 bits per heavy atom. The lowest BCUT2D eigenvalue weighted by Crippen LogP contribution is -2.57. The van der Waals surface area contributed by atoms with Gasteiger partial charge in [0.05, 0.1) is 24.4 Å². The number of rotatable bonds is 6. The molecule has 38 heavy (non-hydrogen) atoms. The molecule has 1 N–H and O–H groups in total. The molecule has 1 aromatic rings. The third kappa shape index (κ3) is 4.68. The first-order chi connectivity index (χ1) is 17.9. The fraction of sp³-hybridized carbons (Fsp3) is 0.621. The standard InChI is InChI=1S/C29H40BN3O5/c1-17(2)24(32-27(35)36-7)26(34)33-22-13-10-19(14-22)25(33)23-15-20(16-31-23)18-8-11-21(12-9-18)30-37-28(3,4)29(5,6)38-30/h8-9,11-12,16-17,19,22,24-25H,10,13-15H2,1-7H3,(H,32,35)/t19-,22+,24-,25-/m0/s1. The maximum absolute atomic E-state index is 13.8. The van der Waals surface area contributed by atoms with Crippen molar-refractivity contribution < 1.29 is 23.6 Å². The predicted octanol–water partition coefficient (Wildman–Crippen LogP) is 3.93. The monoisotopic (exact) mass is 521 g/mol. The minimum absolute atomic E-state index is 0.0280. The van der Waals surface area contributed by atoms with Gasteiger partial charge in [-0.25, -0.2) is 4.79 Å². The highest BCUT2D eigenvalue weighted by atomic mass is 16.7. The summed E-state index contributed by atoms with van der Waals surface area (Å²) in [6, 6.07) is 7.88. The fourth-order valence-corrected chi connectivity index (χ4v) is 6.23. The minimum atomic E-state index is -0.624. The predicted molar refractivity (Wildman–Crippen MR) is 148 cm³/mol. The summed E-state index contributed by atoms with van der Waals surface area (Å²) in [5.41, 5.74) is 3.53. The van der Waals surface area contributed by atoms with E-state index in [4.69, 9.17) is 19.0 Å². The summed E-state index contributed by atoms with van der Waals surface area (Å²) in [7, 11) is 0.930. The summed E-state index contributed by atoms with van der Waals surface area (Å²) in [6.07, 6.45) is 5.18. The number of piperidine rings is 1. The van der Waals surface area contributed by atoms with Gasteiger partial charge in [0.25, 0.3) is 0 Å². The summed E-state index contributed by atoms with van der Waals surface area (Å²) < 4.78 is 17.2. The number of ether oxygens (including phenoxy) is 1. The number of benzene rings is 1. The Bertz CT molecular complexity index is 1140. The van der Waals surface area contributed by atoms with Gasteiger partial charge in [-0.05, 0) is 75.4 Å². The number of alkyl carbamates (subject to hydrolysis) is 1. The molecular weight excluding hydrogens is 481 g/mol. The Labute approximate surface area is 226 Å². The number of fused-ring (bicyclic) bond motifs is 2. The number of nitrogens with zero attached hydrogens (tertiary/aromatic N) is 2. The van der Waals surface area contributed by atoms with Crippen LogP contribution in [0.25, 0.3) is 5.57 Å². The van der Waals surface area contributed by atoms with Gasteiger partial charge in [0.15, 0.2) is 0 Å². The topological polar surface area (TPSA) is 89.5 Å². The quantitative estimate of drug-likeness (QED) is 0.573. The van der Waals surface area contributed by atoms with Gasteiger partial charge in [-0.15, -0.1) is 0 Å². The van der Waals surface area contributed by atoms with Crippen LogP contribution in [0.2, 0.25) is 0 Å². The van der Waals surface area contributed by atoms with E-state index in [9.17, 15) is 9.59 Å². The van der Waals surface area contributed by atoms with Crippen molar-refractivity contribution in [2.45, 2.75) is 96.6 Å². The van der Waals surface area contributed by atoms with Crippen molar-refractivity contribution in [1.29, 1.82) is 0 Å². The molecule has 5 rings (SSSR count). The van der Waals surface area contributed by atoms with E-state index in [1.165, 1.54) is 7.11 Å². The third-order valence-electron chi connectivity index (χ3n) is 9.14. The van der Waals surface area contributed by atoms with E-state index in [2.05, 4.69) is 57.3 Å². The number of hydrogen-bond donors (Lipinski definition) is 1. The molecule has 1 saturated carbocycles. The van der Waals surface area contributed by atoms with Gasteiger partial charge in [-0.2, -0.15) is 0 Å². The van der Waals surface area contributed by atoms with Crippen LogP contribution < -0.4 is 10.8 Å². The Hall–Kier alpha value is -2.65. The molecule has 3 fully saturated rings. The SMILES string of the molecule is COC(=O)N[C@H](C(=O)N1[C@@H]2CC[C@@H](C2)[C@H]1C1=NC=C(c2ccc(B3OC(C)(C)C(C)(C)O3)cc2)C1)C(C)C. The fourth-order valence-electron chi connectivity index (χ4n) is 6.23. The number of aliphatic imine (C=N–C) groups is 1. The Balaban J connectivity index is 1.28. The molecule has 0 aromatic heterocycles. The zero-order valence-corrected chi connectivity index (χ0v) is 23.6. The summed E-state index contributed by atoms with van der Waals surface area (Å²) in [6.45, 7) is 12.1. The van der Waals surface area contributed by atoms with Gasteiger partial charge in [0.2, 0.25) is 5.91 Å². The normalized spacial score (nSPS) is 27.9. The van der Waals surface area contributed by atoms with Crippen molar-refractivity contribution in [2.24, 2.45) is 16.8 Å². The van der Waals surface area contributed by atoms with Gasteiger partial charge >= 0.3 is 13.2 Å². The van der Waals surface area contributed by atoms with Crippen molar-refractivity contribution in [3.8, 4) is 0 Å². The van der Waals surface area contributed by atoms with Crippen LogP contribution in [0.1, 0.15) is 72.8 Å². The second-order valence-electron chi connectivity index (χ2n) is 12.4. The number of carbonyl (C=O) groups is 2. The van der Waals surface area contributed by atoms with E-state index in [1.54, 1.807) is 0 Å². The van der Waals surface area contributed by atoms with Crippen LogP contribution in [0.5, 0.6) is 0 Å². The molecule has 9 heteroatoms. The molecule has 4 aliphatic rings. The van der Waals surface area contributed by atoms with Crippen molar-refractivity contribution in [3.05, 3.63) is 36.0 Å². The number of likely N-dealkylation sites (tertiary alicyclic amines) is 1. The highest BCUT2D eigenvalue weighted by molar-refractivity contribution is 6.62. The molecule has 8 nitrogen and oxygen atoms in total. The first-order valence-electron chi connectivity index (χ1n) is 13.8. The van der Waals surface area contributed by atoms with Crippen molar-refractivity contribution >= 4 is 35.9 Å². The second kappa shape index (κ2) is 9.83. The van der Waals surface area contributed by atoms with Gasteiger partial charge < -0.3 is 24.3 Å². The molecular formula is C29H40BN3O5. The third-order valence-corrected chi connectivity index (χ3v) is 9.14. The number of amides is 2. The number of allylic oxidation sites excluding steroid dienone is 1. The summed E-state index contributed by atoms with van der Waals surface area (Å²) in [5, 5.41) is 2.76. The lowest BCUT2D eigenvalue weighted by atomic mass is 9.78. The Morgan fingerprint density at radius 3 is 2.37 bits per heavy atom. The number of carbonyl (C=O) groups excluding carboxylic acids is 2. The molecule has 4 atom stereocenters. The highest BCUT2D eigenvalue weighted by Gasteiger charge is 2.53. The van der Waals surface area contributed by atoms with Crippen LogP contribution in [0.15, 0.2) is 35.5 Å². The van der Waals surface area contributed by atoms with Gasteiger partial charge in [0, 0.05) is 24.4 Å². The first-order valence-corrected chi connectivity index (χ1v) is 13.8. The lowest BCUT2D eigenvalue weighted by Gasteiger charge is -2.38. The average Bonchev–Trinajstić information content (AvgIpc) is 3.65. The number of methoxy groups -OCH3 is 1. The summed E-state index contributed by atoms with van der Waals surface area (Å²) in [5.74, 6) is 0.320. The van der Waals surface area contributed by atoms with E-state index >= 15 is 0 Å². The number of hydrogen-bond acceptors (Lipinski definition) is 6. The zero-order chi connectivity index (χ0) is 27.4. The van der Waals surface area contributed by atoms with Gasteiger partial charge in [0.1, 0.15) is 6.04 Å². The highest BCUT2D eigenvalue weighted by Crippen LogP contribution is 2.45. The van der Waals surface area contributed by atoms with Gasteiger partial charge in [-0.3, -0.25) is 9.79 Å².